The van der Waals surface area contributed by atoms with Crippen molar-refractivity contribution in [2.24, 2.45) is 0 Å². The smallest absolute Gasteiger partial charge is 0.240 e. The third-order valence-electron chi connectivity index (χ3n) is 2.56. The van der Waals surface area contributed by atoms with E-state index in [-0.39, 0.29) is 18.4 Å². The summed E-state index contributed by atoms with van der Waals surface area (Å²) >= 11 is 0. The summed E-state index contributed by atoms with van der Waals surface area (Å²) in [5.74, 6) is -0.279. The maximum atomic E-state index is 11.6. The van der Waals surface area contributed by atoms with Gasteiger partial charge in [-0.2, -0.15) is 0 Å². The number of carbonyl (C=O) groups is 2. The quantitative estimate of drug-likeness (QED) is 0.545. The maximum Gasteiger partial charge on any atom is 0.240 e. The Labute approximate surface area is 83.6 Å². The number of nitrogens with one attached hydrogen (secondary N) is 3. The highest BCUT2D eigenvalue weighted by Crippen LogP contribution is 2.17. The Balaban J connectivity index is 2.38. The maximum absolute atomic E-state index is 11.6. The van der Waals surface area contributed by atoms with E-state index in [1.807, 2.05) is 6.92 Å². The van der Waals surface area contributed by atoms with E-state index in [0.29, 0.717) is 0 Å². The lowest BCUT2D eigenvalue weighted by Gasteiger charge is -2.22. The van der Waals surface area contributed by atoms with Crippen LogP contribution in [0.4, 0.5) is 0 Å². The predicted molar refractivity (Wildman–Crippen MR) is 52.7 cm³/mol. The molecule has 1 heterocycles. The zero-order valence-electron chi connectivity index (χ0n) is 8.64. The number of hydrogen-bond acceptors (Lipinski definition) is 3. The van der Waals surface area contributed by atoms with Gasteiger partial charge >= 0.3 is 0 Å². The van der Waals surface area contributed by atoms with Gasteiger partial charge in [-0.1, -0.05) is 0 Å². The van der Waals surface area contributed by atoms with Gasteiger partial charge in [-0.25, -0.2) is 0 Å². The van der Waals surface area contributed by atoms with Gasteiger partial charge in [0.05, 0.1) is 12.1 Å². The first kappa shape index (κ1) is 11.0. The standard InChI is InChI=1S/C9H17N3O2/c1-9(4-3-5-12-9)8(14)11-6-7(13)10-2/h12H,3-6H2,1-2H3,(H,10,13)(H,11,14)/t9-/m1/s1. The van der Waals surface area contributed by atoms with Crippen molar-refractivity contribution >= 4 is 11.8 Å². The number of likely N-dealkylation sites (N-methyl/N-ethyl adjacent to an activating group) is 1. The number of rotatable bonds is 3. The Hall–Kier alpha value is -1.10. The van der Waals surface area contributed by atoms with Crippen molar-refractivity contribution in [3.63, 3.8) is 0 Å². The molecule has 80 valence electrons. The van der Waals surface area contributed by atoms with Crippen molar-refractivity contribution in [2.75, 3.05) is 20.1 Å². The third-order valence-corrected chi connectivity index (χ3v) is 2.56. The molecule has 5 nitrogen and oxygen atoms in total. The van der Waals surface area contributed by atoms with Gasteiger partial charge in [-0.3, -0.25) is 9.59 Å². The minimum atomic E-state index is -0.492. The largest absolute Gasteiger partial charge is 0.358 e. The SMILES string of the molecule is CNC(=O)CNC(=O)[C@@]1(C)CCCN1. The molecule has 0 aromatic rings. The van der Waals surface area contributed by atoms with E-state index >= 15 is 0 Å². The molecule has 1 atom stereocenters. The Morgan fingerprint density at radius 3 is 2.71 bits per heavy atom. The van der Waals surface area contributed by atoms with E-state index in [9.17, 15) is 9.59 Å². The van der Waals surface area contributed by atoms with E-state index in [4.69, 9.17) is 0 Å². The summed E-state index contributed by atoms with van der Waals surface area (Å²) in [5, 5.41) is 8.18. The van der Waals surface area contributed by atoms with E-state index in [1.165, 1.54) is 0 Å². The fourth-order valence-electron chi connectivity index (χ4n) is 1.53. The summed E-state index contributed by atoms with van der Waals surface area (Å²) in [6, 6.07) is 0. The average molecular weight is 199 g/mol. The van der Waals surface area contributed by atoms with Crippen LogP contribution in [0.1, 0.15) is 19.8 Å². The molecule has 1 fully saturated rings. The summed E-state index contributed by atoms with van der Waals surface area (Å²) in [7, 11) is 1.55. The van der Waals surface area contributed by atoms with Crippen molar-refractivity contribution in [3.05, 3.63) is 0 Å². The zero-order valence-corrected chi connectivity index (χ0v) is 8.64. The highest BCUT2D eigenvalue weighted by atomic mass is 16.2. The predicted octanol–water partition coefficient (Wildman–Crippen LogP) is -1.01. The molecular weight excluding hydrogens is 182 g/mol. The van der Waals surface area contributed by atoms with Gasteiger partial charge < -0.3 is 16.0 Å². The lowest BCUT2D eigenvalue weighted by atomic mass is 9.99. The normalized spacial score (nSPS) is 25.9. The molecule has 0 unspecified atom stereocenters. The van der Waals surface area contributed by atoms with E-state index < -0.39 is 5.54 Å². The molecule has 0 radical (unpaired) electrons. The molecule has 14 heavy (non-hydrogen) atoms. The van der Waals surface area contributed by atoms with E-state index in [0.717, 1.165) is 19.4 Å². The molecular formula is C9H17N3O2. The van der Waals surface area contributed by atoms with Gasteiger partial charge in [-0.05, 0) is 26.3 Å². The van der Waals surface area contributed by atoms with Crippen molar-refractivity contribution in [2.45, 2.75) is 25.3 Å². The van der Waals surface area contributed by atoms with Crippen LogP contribution in [-0.4, -0.2) is 37.5 Å². The van der Waals surface area contributed by atoms with Gasteiger partial charge in [0.25, 0.3) is 0 Å². The monoisotopic (exact) mass is 199 g/mol. The minimum Gasteiger partial charge on any atom is -0.358 e. The third kappa shape index (κ3) is 2.45. The van der Waals surface area contributed by atoms with E-state index in [1.54, 1.807) is 7.05 Å². The molecule has 0 saturated carbocycles. The Bertz CT molecular complexity index is 234. The van der Waals surface area contributed by atoms with Crippen LogP contribution in [0.25, 0.3) is 0 Å². The average Bonchev–Trinajstić information content (AvgIpc) is 2.62. The molecule has 0 aromatic heterocycles. The molecule has 1 aliphatic rings. The van der Waals surface area contributed by atoms with Crippen LogP contribution in [0.15, 0.2) is 0 Å². The molecule has 1 saturated heterocycles. The minimum absolute atomic E-state index is 0.0482. The highest BCUT2D eigenvalue weighted by molar-refractivity contribution is 5.90. The highest BCUT2D eigenvalue weighted by Gasteiger charge is 2.35. The molecule has 3 N–H and O–H groups in total. The second-order valence-corrected chi connectivity index (χ2v) is 3.72. The molecule has 0 bridgehead atoms. The van der Waals surface area contributed by atoms with E-state index in [2.05, 4.69) is 16.0 Å². The zero-order chi connectivity index (χ0) is 10.6. The first-order valence-corrected chi connectivity index (χ1v) is 4.82. The van der Waals surface area contributed by atoms with Crippen molar-refractivity contribution in [1.29, 1.82) is 0 Å². The van der Waals surface area contributed by atoms with Crippen LogP contribution in [0.5, 0.6) is 0 Å². The lowest BCUT2D eigenvalue weighted by molar-refractivity contribution is -0.129. The van der Waals surface area contributed by atoms with Gasteiger partial charge in [0.1, 0.15) is 0 Å². The van der Waals surface area contributed by atoms with Crippen LogP contribution in [0, 0.1) is 0 Å². The number of hydrogen-bond donors (Lipinski definition) is 3. The van der Waals surface area contributed by atoms with Crippen molar-refractivity contribution in [3.8, 4) is 0 Å². The van der Waals surface area contributed by atoms with Gasteiger partial charge in [0, 0.05) is 7.05 Å². The number of carbonyl (C=O) groups excluding carboxylic acids is 2. The topological polar surface area (TPSA) is 70.2 Å². The number of amides is 2. The van der Waals surface area contributed by atoms with Crippen LogP contribution in [0.3, 0.4) is 0 Å². The van der Waals surface area contributed by atoms with Crippen molar-refractivity contribution in [1.82, 2.24) is 16.0 Å². The van der Waals surface area contributed by atoms with Crippen LogP contribution < -0.4 is 16.0 Å². The summed E-state index contributed by atoms with van der Waals surface area (Å²) < 4.78 is 0. The Morgan fingerprint density at radius 1 is 1.50 bits per heavy atom. The molecule has 5 heteroatoms. The summed E-state index contributed by atoms with van der Waals surface area (Å²) in [6.45, 7) is 2.77. The Morgan fingerprint density at radius 2 is 2.21 bits per heavy atom. The molecule has 1 rings (SSSR count). The second kappa shape index (κ2) is 4.41. The molecule has 0 aromatic carbocycles. The molecule has 0 spiro atoms. The lowest BCUT2D eigenvalue weighted by Crippen LogP contribution is -2.52. The summed E-state index contributed by atoms with van der Waals surface area (Å²) in [6.07, 6.45) is 1.83. The molecule has 2 amide bonds. The fourth-order valence-corrected chi connectivity index (χ4v) is 1.53. The van der Waals surface area contributed by atoms with Crippen LogP contribution in [0.2, 0.25) is 0 Å². The van der Waals surface area contributed by atoms with Crippen LogP contribution in [-0.2, 0) is 9.59 Å². The van der Waals surface area contributed by atoms with Gasteiger partial charge in [0.15, 0.2) is 0 Å². The van der Waals surface area contributed by atoms with Gasteiger partial charge in [0.2, 0.25) is 11.8 Å². The first-order valence-electron chi connectivity index (χ1n) is 4.82. The Kier molecular flexibility index (Phi) is 3.46. The first-order chi connectivity index (χ1) is 6.58. The fraction of sp³-hybridized carbons (Fsp3) is 0.778. The second-order valence-electron chi connectivity index (χ2n) is 3.72. The van der Waals surface area contributed by atoms with Crippen molar-refractivity contribution < 1.29 is 9.59 Å². The van der Waals surface area contributed by atoms with Crippen LogP contribution >= 0.6 is 0 Å². The summed E-state index contributed by atoms with van der Waals surface area (Å²) in [5.41, 5.74) is -0.492. The molecule has 1 aliphatic heterocycles. The van der Waals surface area contributed by atoms with Gasteiger partial charge in [-0.15, -0.1) is 0 Å². The molecule has 0 aliphatic carbocycles. The summed E-state index contributed by atoms with van der Waals surface area (Å²) in [4.78, 5) is 22.5.